The van der Waals surface area contributed by atoms with Crippen molar-refractivity contribution in [2.45, 2.75) is 36.9 Å². The molecule has 0 heterocycles. The number of hydrogen-bond acceptors (Lipinski definition) is 3. The van der Waals surface area contributed by atoms with Gasteiger partial charge in [0.25, 0.3) is 10.1 Å². The molecule has 0 unspecified atom stereocenters. The molecule has 1 saturated carbocycles. The van der Waals surface area contributed by atoms with Gasteiger partial charge in [0.05, 0.1) is 11.0 Å². The number of halogens is 1. The zero-order chi connectivity index (χ0) is 11.8. The number of rotatable bonds is 3. The Balaban J connectivity index is 2.10. The average molecular weight is 243 g/mol. The quantitative estimate of drug-likeness (QED) is 0.764. The van der Waals surface area contributed by atoms with Crippen LogP contribution in [0.4, 0.5) is 4.39 Å². The Morgan fingerprint density at radius 1 is 1.25 bits per heavy atom. The van der Waals surface area contributed by atoms with E-state index in [-0.39, 0.29) is 17.7 Å². The molecule has 0 radical (unpaired) electrons. The highest BCUT2D eigenvalue weighted by Crippen LogP contribution is 2.29. The summed E-state index contributed by atoms with van der Waals surface area (Å²) >= 11 is 0. The minimum atomic E-state index is -3.73. The summed E-state index contributed by atoms with van der Waals surface area (Å²) in [5.74, 6) is 0. The standard InChI is InChI=1S/C11H13FO3S/c1-8-2-4-11(5-3-8)16(13,14)15-10-6-9(12)7-10/h2-5,9-10H,6-7H2,1H3/t9-,10-/i12-1. The van der Waals surface area contributed by atoms with E-state index in [1.165, 1.54) is 12.1 Å². The van der Waals surface area contributed by atoms with E-state index < -0.39 is 22.4 Å². The van der Waals surface area contributed by atoms with Crippen LogP contribution < -0.4 is 0 Å². The molecular formula is C11H13FO3S. The molecule has 5 heteroatoms. The van der Waals surface area contributed by atoms with Crippen molar-refractivity contribution in [3.05, 3.63) is 29.8 Å². The third-order valence-electron chi connectivity index (χ3n) is 2.61. The first-order chi connectivity index (χ1) is 7.47. The number of hydrogen-bond donors (Lipinski definition) is 0. The number of alkyl halides is 1. The van der Waals surface area contributed by atoms with Gasteiger partial charge in [-0.15, -0.1) is 0 Å². The zero-order valence-electron chi connectivity index (χ0n) is 8.89. The van der Waals surface area contributed by atoms with E-state index in [0.717, 1.165) is 5.56 Å². The highest BCUT2D eigenvalue weighted by atomic mass is 32.2. The molecule has 1 aliphatic carbocycles. The first-order valence-electron chi connectivity index (χ1n) is 5.11. The van der Waals surface area contributed by atoms with E-state index in [4.69, 9.17) is 4.18 Å². The van der Waals surface area contributed by atoms with E-state index in [1.54, 1.807) is 12.1 Å². The van der Waals surface area contributed by atoms with Crippen molar-refractivity contribution in [1.82, 2.24) is 0 Å². The Labute approximate surface area is 94.4 Å². The van der Waals surface area contributed by atoms with Gasteiger partial charge >= 0.3 is 0 Å². The van der Waals surface area contributed by atoms with Crippen molar-refractivity contribution in [2.24, 2.45) is 0 Å². The summed E-state index contributed by atoms with van der Waals surface area (Å²) in [4.78, 5) is 0.125. The van der Waals surface area contributed by atoms with Crippen LogP contribution in [-0.4, -0.2) is 20.7 Å². The fourth-order valence-corrected chi connectivity index (χ4v) is 2.62. The molecule has 0 saturated heterocycles. The van der Waals surface area contributed by atoms with Gasteiger partial charge < -0.3 is 0 Å². The van der Waals surface area contributed by atoms with Crippen LogP contribution in [0.2, 0.25) is 0 Å². The first kappa shape index (κ1) is 11.5. The molecule has 0 atom stereocenters. The zero-order valence-corrected chi connectivity index (χ0v) is 9.71. The molecule has 0 aliphatic heterocycles. The van der Waals surface area contributed by atoms with Gasteiger partial charge in [0.1, 0.15) is 6.17 Å². The molecule has 0 N–H and O–H groups in total. The average Bonchev–Trinajstić information content (AvgIpc) is 2.15. The van der Waals surface area contributed by atoms with Crippen LogP contribution in [0.25, 0.3) is 0 Å². The predicted octanol–water partition coefficient (Wildman–Crippen LogP) is 2.20. The largest absolute Gasteiger partial charge is 0.297 e. The molecule has 1 aliphatic rings. The van der Waals surface area contributed by atoms with Crippen molar-refractivity contribution < 1.29 is 17.0 Å². The smallest absolute Gasteiger partial charge is 0.263 e. The van der Waals surface area contributed by atoms with Crippen LogP contribution in [-0.2, 0) is 14.3 Å². The Bertz CT molecular complexity index is 461. The topological polar surface area (TPSA) is 43.4 Å². The minimum absolute atomic E-state index is 0.125. The van der Waals surface area contributed by atoms with Crippen molar-refractivity contribution in [2.75, 3.05) is 0 Å². The molecule has 0 amide bonds. The molecule has 3 nitrogen and oxygen atoms in total. The summed E-state index contributed by atoms with van der Waals surface area (Å²) in [5, 5.41) is 0. The fraction of sp³-hybridized carbons (Fsp3) is 0.455. The first-order valence-corrected chi connectivity index (χ1v) is 6.52. The maximum Gasteiger partial charge on any atom is 0.297 e. The van der Waals surface area contributed by atoms with Gasteiger partial charge in [0.2, 0.25) is 0 Å². The summed E-state index contributed by atoms with van der Waals surface area (Å²) in [7, 11) is -3.73. The lowest BCUT2D eigenvalue weighted by atomic mass is 9.94. The normalized spacial score (nSPS) is 25.1. The second kappa shape index (κ2) is 4.14. The van der Waals surface area contributed by atoms with Gasteiger partial charge in [-0.3, -0.25) is 4.18 Å². The van der Waals surface area contributed by atoms with Gasteiger partial charge in [-0.25, -0.2) is 4.39 Å². The summed E-state index contributed by atoms with van der Waals surface area (Å²) in [6.45, 7) is 1.87. The van der Waals surface area contributed by atoms with E-state index in [0.29, 0.717) is 0 Å². The van der Waals surface area contributed by atoms with Crippen molar-refractivity contribution in [1.29, 1.82) is 0 Å². The van der Waals surface area contributed by atoms with Gasteiger partial charge in [-0.2, -0.15) is 8.42 Å². The Morgan fingerprint density at radius 2 is 1.81 bits per heavy atom. The predicted molar refractivity (Wildman–Crippen MR) is 57.4 cm³/mol. The molecular weight excluding hydrogens is 230 g/mol. The molecule has 0 spiro atoms. The van der Waals surface area contributed by atoms with Gasteiger partial charge in [-0.1, -0.05) is 17.7 Å². The summed E-state index contributed by atoms with van der Waals surface area (Å²) in [5.41, 5.74) is 0.978. The molecule has 2 rings (SSSR count). The van der Waals surface area contributed by atoms with Gasteiger partial charge in [-0.05, 0) is 19.1 Å². The van der Waals surface area contributed by atoms with E-state index in [9.17, 15) is 12.8 Å². The van der Waals surface area contributed by atoms with Crippen molar-refractivity contribution in [3.8, 4) is 0 Å². The highest BCUT2D eigenvalue weighted by molar-refractivity contribution is 7.86. The molecule has 88 valence electrons. The maximum absolute atomic E-state index is 12.5. The highest BCUT2D eigenvalue weighted by Gasteiger charge is 2.34. The molecule has 1 fully saturated rings. The summed E-state index contributed by atoms with van der Waals surface area (Å²) in [6.07, 6.45) is -1.07. The van der Waals surface area contributed by atoms with Gasteiger partial charge in [0.15, 0.2) is 0 Å². The van der Waals surface area contributed by atoms with Crippen LogP contribution in [0.1, 0.15) is 18.4 Å². The summed E-state index contributed by atoms with van der Waals surface area (Å²) < 4.78 is 40.8. The Kier molecular flexibility index (Phi) is 2.99. The maximum atomic E-state index is 12.5. The monoisotopic (exact) mass is 243 g/mol. The lowest BCUT2D eigenvalue weighted by Crippen LogP contribution is -2.34. The number of aryl methyl sites for hydroxylation is 1. The van der Waals surface area contributed by atoms with Crippen LogP contribution in [0.15, 0.2) is 29.2 Å². The SMILES string of the molecule is Cc1ccc(S(=O)(=O)O[C@H]2C[C@H]([18F])C2)cc1. The second-order valence-corrected chi connectivity index (χ2v) is 5.63. The Morgan fingerprint density at radius 3 is 2.31 bits per heavy atom. The van der Waals surface area contributed by atoms with Crippen LogP contribution in [0, 0.1) is 6.92 Å². The molecule has 16 heavy (non-hydrogen) atoms. The van der Waals surface area contributed by atoms with E-state index >= 15 is 0 Å². The molecule has 1 aromatic rings. The third-order valence-corrected chi connectivity index (χ3v) is 3.98. The molecule has 1 aromatic carbocycles. The molecule has 0 aromatic heterocycles. The Hall–Kier alpha value is -0.940. The second-order valence-electron chi connectivity index (χ2n) is 4.05. The fourth-order valence-electron chi connectivity index (χ4n) is 1.52. The summed E-state index contributed by atoms with van der Waals surface area (Å²) in [6, 6.07) is 6.40. The minimum Gasteiger partial charge on any atom is -0.263 e. The lowest BCUT2D eigenvalue weighted by Gasteiger charge is -2.28. The van der Waals surface area contributed by atoms with E-state index in [2.05, 4.69) is 0 Å². The van der Waals surface area contributed by atoms with E-state index in [1.807, 2.05) is 6.92 Å². The third kappa shape index (κ3) is 2.41. The molecule has 0 bridgehead atoms. The van der Waals surface area contributed by atoms with Crippen molar-refractivity contribution in [3.63, 3.8) is 0 Å². The van der Waals surface area contributed by atoms with Crippen LogP contribution in [0.5, 0.6) is 0 Å². The van der Waals surface area contributed by atoms with Gasteiger partial charge in [0, 0.05) is 12.8 Å². The van der Waals surface area contributed by atoms with Crippen molar-refractivity contribution >= 4 is 10.1 Å². The van der Waals surface area contributed by atoms with Crippen LogP contribution in [0.3, 0.4) is 0 Å². The lowest BCUT2D eigenvalue weighted by molar-refractivity contribution is 0.0460. The van der Waals surface area contributed by atoms with Crippen LogP contribution >= 0.6 is 0 Å². The number of benzene rings is 1.